The highest BCUT2D eigenvalue weighted by Gasteiger charge is 2.70. The van der Waals surface area contributed by atoms with Gasteiger partial charge in [0.1, 0.15) is 18.0 Å². The quantitative estimate of drug-likeness (QED) is 0.158. The van der Waals surface area contributed by atoms with Crippen LogP contribution >= 0.6 is 67.8 Å². The number of benzene rings is 2. The summed E-state index contributed by atoms with van der Waals surface area (Å²) >= 11 is 6.38. The van der Waals surface area contributed by atoms with E-state index in [0.29, 0.717) is 12.0 Å². The van der Waals surface area contributed by atoms with Crippen LogP contribution in [-0.2, 0) is 29.2 Å². The lowest BCUT2D eigenvalue weighted by atomic mass is 9.78. The second-order valence-electron chi connectivity index (χ2n) is 8.50. The van der Waals surface area contributed by atoms with E-state index in [1.807, 2.05) is 6.07 Å². The molecule has 2 aliphatic carbocycles. The lowest BCUT2D eigenvalue weighted by Gasteiger charge is -2.30. The summed E-state index contributed by atoms with van der Waals surface area (Å²) in [6.07, 6.45) is -0.885. The minimum Gasteiger partial charge on any atom is -0.458 e. The predicted octanol–water partition coefficient (Wildman–Crippen LogP) is 3.69. The summed E-state index contributed by atoms with van der Waals surface area (Å²) in [7, 11) is -4.39. The first-order valence-corrected chi connectivity index (χ1v) is 15.0. The highest BCUT2D eigenvalue weighted by atomic mass is 127. The van der Waals surface area contributed by atoms with Crippen LogP contribution in [0.1, 0.15) is 16.8 Å². The van der Waals surface area contributed by atoms with Gasteiger partial charge in [-0.15, -0.1) is 0 Å². The van der Waals surface area contributed by atoms with Gasteiger partial charge in [-0.1, -0.05) is 0 Å². The average molecular weight is 836 g/mol. The molecular weight excluding hydrogens is 821 g/mol. The number of esters is 3. The minimum atomic E-state index is -4.39. The lowest BCUT2D eigenvalue weighted by Crippen LogP contribution is -2.44. The van der Waals surface area contributed by atoms with Crippen LogP contribution in [0.4, 0.5) is 0 Å². The number of carbonyl (C=O) groups excluding carboxylic acids is 3. The van der Waals surface area contributed by atoms with Crippen LogP contribution < -0.4 is 4.74 Å². The molecule has 3 fully saturated rings. The highest BCUT2D eigenvalue weighted by Crippen LogP contribution is 2.59. The third kappa shape index (κ3) is 4.59. The zero-order valence-electron chi connectivity index (χ0n) is 17.4. The molecule has 1 N–H and O–H groups in total. The molecule has 2 bridgehead atoms. The topological polar surface area (TPSA) is 133 Å². The van der Waals surface area contributed by atoms with Gasteiger partial charge in [0.2, 0.25) is 0 Å². The Bertz CT molecular complexity index is 1360. The summed E-state index contributed by atoms with van der Waals surface area (Å²) in [6.45, 7) is 0. The Morgan fingerprint density at radius 3 is 2.31 bits per heavy atom. The lowest BCUT2D eigenvalue weighted by molar-refractivity contribution is -0.149. The van der Waals surface area contributed by atoms with Crippen molar-refractivity contribution in [2.24, 2.45) is 23.7 Å². The first kappa shape index (κ1) is 25.6. The van der Waals surface area contributed by atoms with Crippen molar-refractivity contribution in [3.8, 4) is 5.75 Å². The fourth-order valence-electron chi connectivity index (χ4n) is 5.20. The van der Waals surface area contributed by atoms with Crippen molar-refractivity contribution in [2.75, 3.05) is 0 Å². The molecule has 0 amide bonds. The molecule has 6 atom stereocenters. The Hall–Kier alpha value is -1.05. The number of hydrogen-bond donors (Lipinski definition) is 1. The van der Waals surface area contributed by atoms with Gasteiger partial charge in [0.25, 0.3) is 10.1 Å². The molecule has 5 rings (SSSR count). The van der Waals surface area contributed by atoms with E-state index in [1.54, 1.807) is 6.07 Å². The molecule has 0 aromatic heterocycles. The van der Waals surface area contributed by atoms with E-state index in [1.165, 1.54) is 12.1 Å². The van der Waals surface area contributed by atoms with Gasteiger partial charge in [-0.3, -0.25) is 14.1 Å². The standard InChI is InChI=1S/C22H15I3O9S/c23-13-7-15(25)14(24)6-10(13)20(26)33-18-11-5-12-17(22(28)34-19(12)18)16(11)21(27)32-8-1-3-9(4-2-8)35(29,30)31/h1-4,6-7,11-12,16-19H,5H2,(H,29,30,31). The fourth-order valence-corrected chi connectivity index (χ4v) is 7.90. The third-order valence-electron chi connectivity index (χ3n) is 6.63. The Kier molecular flexibility index (Phi) is 6.84. The number of ether oxygens (including phenoxy) is 3. The van der Waals surface area contributed by atoms with E-state index in [0.717, 1.165) is 22.8 Å². The van der Waals surface area contributed by atoms with Crippen LogP contribution in [-0.4, -0.2) is 43.1 Å². The number of rotatable bonds is 5. The van der Waals surface area contributed by atoms with Crippen LogP contribution in [0.5, 0.6) is 5.75 Å². The monoisotopic (exact) mass is 836 g/mol. The van der Waals surface area contributed by atoms with E-state index >= 15 is 0 Å². The maximum atomic E-state index is 13.1. The van der Waals surface area contributed by atoms with E-state index < -0.39 is 58.0 Å². The maximum Gasteiger partial charge on any atom is 0.339 e. The normalized spacial score (nSPS) is 28.6. The van der Waals surface area contributed by atoms with E-state index in [9.17, 15) is 22.8 Å². The van der Waals surface area contributed by atoms with Crippen molar-refractivity contribution < 1.29 is 41.6 Å². The van der Waals surface area contributed by atoms with Gasteiger partial charge in [0.15, 0.2) is 0 Å². The van der Waals surface area contributed by atoms with Crippen LogP contribution in [0.25, 0.3) is 0 Å². The zero-order chi connectivity index (χ0) is 25.2. The van der Waals surface area contributed by atoms with Crippen LogP contribution in [0.3, 0.4) is 0 Å². The molecule has 6 unspecified atom stereocenters. The van der Waals surface area contributed by atoms with Gasteiger partial charge in [-0.25, -0.2) is 4.79 Å². The van der Waals surface area contributed by atoms with Gasteiger partial charge in [-0.05, 0) is 111 Å². The molecule has 184 valence electrons. The molecule has 1 heterocycles. The number of halogens is 3. The maximum absolute atomic E-state index is 13.1. The van der Waals surface area contributed by atoms with Crippen molar-refractivity contribution >= 4 is 95.8 Å². The van der Waals surface area contributed by atoms with E-state index in [-0.39, 0.29) is 16.6 Å². The molecule has 2 aromatic carbocycles. The van der Waals surface area contributed by atoms with Gasteiger partial charge in [0.05, 0.1) is 22.3 Å². The molecule has 1 aliphatic heterocycles. The molecule has 35 heavy (non-hydrogen) atoms. The van der Waals surface area contributed by atoms with E-state index in [4.69, 9.17) is 18.8 Å². The van der Waals surface area contributed by atoms with Crippen molar-refractivity contribution in [2.45, 2.75) is 23.5 Å². The summed E-state index contributed by atoms with van der Waals surface area (Å²) in [5, 5.41) is 0. The van der Waals surface area contributed by atoms with Crippen LogP contribution in [0.2, 0.25) is 0 Å². The Labute approximate surface area is 240 Å². The number of hydrogen-bond acceptors (Lipinski definition) is 8. The minimum absolute atomic E-state index is 0.0599. The van der Waals surface area contributed by atoms with Crippen LogP contribution in [0.15, 0.2) is 41.3 Å². The van der Waals surface area contributed by atoms with Gasteiger partial charge >= 0.3 is 17.9 Å². The van der Waals surface area contributed by atoms with Crippen molar-refractivity contribution in [3.05, 3.63) is 52.7 Å². The molecule has 2 aromatic rings. The highest BCUT2D eigenvalue weighted by molar-refractivity contribution is 14.1. The summed E-state index contributed by atoms with van der Waals surface area (Å²) < 4.78 is 51.0. The first-order valence-electron chi connectivity index (χ1n) is 10.3. The summed E-state index contributed by atoms with van der Waals surface area (Å²) in [5.41, 5.74) is 0.400. The zero-order valence-corrected chi connectivity index (χ0v) is 24.7. The summed E-state index contributed by atoms with van der Waals surface area (Å²) in [5.74, 6) is -3.92. The second-order valence-corrected chi connectivity index (χ2v) is 13.4. The summed E-state index contributed by atoms with van der Waals surface area (Å²) in [6, 6.07) is 8.30. The SMILES string of the molecule is O=C(OC1C2CC3C1OC(=O)C3C2C(=O)Oc1ccc(S(=O)(=O)O)cc1)c1cc(I)c(I)cc1I. The summed E-state index contributed by atoms with van der Waals surface area (Å²) in [4.78, 5) is 38.4. The Morgan fingerprint density at radius 1 is 1.00 bits per heavy atom. The molecule has 0 spiro atoms. The van der Waals surface area contributed by atoms with Gasteiger partial charge in [0, 0.05) is 22.5 Å². The van der Waals surface area contributed by atoms with Crippen LogP contribution in [0, 0.1) is 34.4 Å². The molecule has 1 saturated heterocycles. The first-order chi connectivity index (χ1) is 16.5. The molecule has 13 heteroatoms. The smallest absolute Gasteiger partial charge is 0.339 e. The third-order valence-corrected chi connectivity index (χ3v) is 11.2. The average Bonchev–Trinajstić information content (AvgIpc) is 3.39. The molecule has 9 nitrogen and oxygen atoms in total. The Morgan fingerprint density at radius 2 is 1.66 bits per heavy atom. The molecule has 0 radical (unpaired) electrons. The second kappa shape index (κ2) is 9.36. The molecule has 2 saturated carbocycles. The predicted molar refractivity (Wildman–Crippen MR) is 144 cm³/mol. The Balaban J connectivity index is 1.37. The van der Waals surface area contributed by atoms with Crippen molar-refractivity contribution in [1.29, 1.82) is 0 Å². The van der Waals surface area contributed by atoms with E-state index in [2.05, 4.69) is 67.8 Å². The number of fused-ring (bicyclic) bond motifs is 1. The van der Waals surface area contributed by atoms with Gasteiger partial charge < -0.3 is 14.2 Å². The molecule has 3 aliphatic rings. The largest absolute Gasteiger partial charge is 0.458 e. The van der Waals surface area contributed by atoms with Crippen molar-refractivity contribution in [1.82, 2.24) is 0 Å². The fraction of sp³-hybridized carbons (Fsp3) is 0.318. The number of carbonyl (C=O) groups is 3. The van der Waals surface area contributed by atoms with Gasteiger partial charge in [-0.2, -0.15) is 8.42 Å². The molecular formula is C22H15I3O9S. The van der Waals surface area contributed by atoms with Crippen molar-refractivity contribution in [3.63, 3.8) is 0 Å².